The average molecular weight is 96.1 g/mol. The van der Waals surface area contributed by atoms with Gasteiger partial charge in [0.2, 0.25) is 0 Å². The van der Waals surface area contributed by atoms with Gasteiger partial charge in [0.05, 0.1) is 0 Å². The minimum atomic E-state index is -0.389. The van der Waals surface area contributed by atoms with Crippen LogP contribution in [0.25, 0.3) is 0 Å². The van der Waals surface area contributed by atoms with Crippen LogP contribution in [0.3, 0.4) is 0 Å². The molecule has 1 rings (SSSR count). The van der Waals surface area contributed by atoms with Crippen LogP contribution in [0.2, 0.25) is 0 Å². The Morgan fingerprint density at radius 3 is 3.00 bits per heavy atom. The number of nitrogens with one attached hydrogen (secondary N) is 1. The summed E-state index contributed by atoms with van der Waals surface area (Å²) in [5.41, 5.74) is 2.42. The van der Waals surface area contributed by atoms with Gasteiger partial charge < -0.3 is 0 Å². The van der Waals surface area contributed by atoms with Crippen molar-refractivity contribution < 1.29 is 4.84 Å². The Kier molecular flexibility index (Phi) is 0.966. The van der Waals surface area contributed by atoms with E-state index in [0.717, 1.165) is 0 Å². The number of hydroxylamine groups is 1. The minimum absolute atomic E-state index is 0.389. The van der Waals surface area contributed by atoms with Crippen molar-refractivity contribution >= 4 is 0 Å². The average Bonchev–Trinajstić information content (AvgIpc) is 2.14. The van der Waals surface area contributed by atoms with E-state index in [0.29, 0.717) is 0 Å². The molecule has 0 fully saturated rings. The van der Waals surface area contributed by atoms with Crippen molar-refractivity contribution in [2.24, 2.45) is 0 Å². The Hall–Kier alpha value is -1.01. The zero-order chi connectivity index (χ0) is 5.11. The second-order valence-electron chi connectivity index (χ2n) is 1.14. The molecule has 0 aromatic rings. The number of rotatable bonds is 0. The van der Waals surface area contributed by atoms with E-state index in [2.05, 4.69) is 10.3 Å². The van der Waals surface area contributed by atoms with Gasteiger partial charge in [0, 0.05) is 6.20 Å². The summed E-state index contributed by atoms with van der Waals surface area (Å²) >= 11 is 0. The van der Waals surface area contributed by atoms with Crippen molar-refractivity contribution in [1.82, 2.24) is 5.48 Å². The fourth-order valence-corrected chi connectivity index (χ4v) is 0.348. The summed E-state index contributed by atoms with van der Waals surface area (Å²) in [4.78, 5) is 4.58. The molecule has 0 aromatic heterocycles. The normalized spacial score (nSPS) is 26.4. The highest BCUT2D eigenvalue weighted by Gasteiger charge is 2.04. The van der Waals surface area contributed by atoms with Crippen molar-refractivity contribution in [2.45, 2.75) is 6.10 Å². The first kappa shape index (κ1) is 4.16. The van der Waals surface area contributed by atoms with E-state index in [9.17, 15) is 0 Å². The number of nitriles is 1. The van der Waals surface area contributed by atoms with E-state index < -0.39 is 0 Å². The lowest BCUT2D eigenvalue weighted by molar-refractivity contribution is 0.0777. The highest BCUT2D eigenvalue weighted by Crippen LogP contribution is 1.93. The molecule has 0 aromatic carbocycles. The van der Waals surface area contributed by atoms with Gasteiger partial charge in [-0.2, -0.15) is 5.26 Å². The van der Waals surface area contributed by atoms with Gasteiger partial charge in [0.15, 0.2) is 6.10 Å². The summed E-state index contributed by atoms with van der Waals surface area (Å²) in [6.07, 6.45) is 2.84. The lowest BCUT2D eigenvalue weighted by atomic mass is 10.4. The Labute approximate surface area is 41.1 Å². The molecule has 1 atom stereocenters. The second-order valence-corrected chi connectivity index (χ2v) is 1.14. The predicted octanol–water partition coefficient (Wildman–Crippen LogP) is -0.0729. The van der Waals surface area contributed by atoms with Gasteiger partial charge in [0.25, 0.3) is 0 Å². The van der Waals surface area contributed by atoms with Crippen molar-refractivity contribution in [3.63, 3.8) is 0 Å². The van der Waals surface area contributed by atoms with Gasteiger partial charge >= 0.3 is 0 Å². The van der Waals surface area contributed by atoms with Gasteiger partial charge in [-0.05, 0) is 6.08 Å². The minimum Gasteiger partial charge on any atom is -0.273 e. The Morgan fingerprint density at radius 2 is 2.71 bits per heavy atom. The monoisotopic (exact) mass is 96.0 g/mol. The van der Waals surface area contributed by atoms with Crippen molar-refractivity contribution in [3.05, 3.63) is 12.3 Å². The molecule has 3 nitrogen and oxygen atoms in total. The van der Waals surface area contributed by atoms with Crippen LogP contribution in [0.4, 0.5) is 0 Å². The lowest BCUT2D eigenvalue weighted by Gasteiger charge is -1.91. The summed E-state index contributed by atoms with van der Waals surface area (Å²) in [5, 5.41) is 8.10. The van der Waals surface area contributed by atoms with Crippen LogP contribution >= 0.6 is 0 Å². The number of hydrogen-bond donors (Lipinski definition) is 1. The van der Waals surface area contributed by atoms with E-state index in [1.165, 1.54) is 0 Å². The van der Waals surface area contributed by atoms with Crippen LogP contribution in [0.15, 0.2) is 12.3 Å². The van der Waals surface area contributed by atoms with Gasteiger partial charge in [-0.1, -0.05) is 0 Å². The summed E-state index contributed by atoms with van der Waals surface area (Å²) in [5.74, 6) is 0. The summed E-state index contributed by atoms with van der Waals surface area (Å²) < 4.78 is 0. The lowest BCUT2D eigenvalue weighted by Crippen LogP contribution is -2.06. The first-order valence-corrected chi connectivity index (χ1v) is 1.91. The second kappa shape index (κ2) is 1.63. The molecule has 0 spiro atoms. The molecular formula is C4H4N2O. The Morgan fingerprint density at radius 1 is 1.86 bits per heavy atom. The standard InChI is InChI=1S/C4H4N2O/c5-3-4-1-2-6-7-4/h1-2,4,6H. The zero-order valence-electron chi connectivity index (χ0n) is 3.59. The molecule has 7 heavy (non-hydrogen) atoms. The molecular weight excluding hydrogens is 92.1 g/mol. The molecule has 1 unspecified atom stereocenters. The first-order chi connectivity index (χ1) is 3.43. The molecule has 0 aliphatic carbocycles. The first-order valence-electron chi connectivity index (χ1n) is 1.91. The van der Waals surface area contributed by atoms with Gasteiger partial charge in [0.1, 0.15) is 6.07 Å². The SMILES string of the molecule is N#CC1C=CNO1. The van der Waals surface area contributed by atoms with E-state index in [1.807, 2.05) is 6.07 Å². The third-order valence-electron chi connectivity index (χ3n) is 0.661. The molecule has 1 N–H and O–H groups in total. The third-order valence-corrected chi connectivity index (χ3v) is 0.661. The van der Waals surface area contributed by atoms with Crippen molar-refractivity contribution in [3.8, 4) is 6.07 Å². The predicted molar refractivity (Wildman–Crippen MR) is 22.8 cm³/mol. The largest absolute Gasteiger partial charge is 0.273 e. The molecule has 0 amide bonds. The molecule has 0 saturated heterocycles. The van der Waals surface area contributed by atoms with E-state index in [1.54, 1.807) is 12.3 Å². The molecule has 3 heteroatoms. The zero-order valence-corrected chi connectivity index (χ0v) is 3.59. The maximum absolute atomic E-state index is 8.10. The van der Waals surface area contributed by atoms with Crippen LogP contribution in [-0.2, 0) is 4.84 Å². The summed E-state index contributed by atoms with van der Waals surface area (Å²) in [6.45, 7) is 0. The number of nitrogens with zero attached hydrogens (tertiary/aromatic N) is 1. The molecule has 36 valence electrons. The maximum Gasteiger partial charge on any atom is 0.191 e. The Bertz CT molecular complexity index is 124. The smallest absolute Gasteiger partial charge is 0.191 e. The number of hydrogen-bond acceptors (Lipinski definition) is 3. The topological polar surface area (TPSA) is 45.0 Å². The highest BCUT2D eigenvalue weighted by molar-refractivity contribution is 5.03. The van der Waals surface area contributed by atoms with Crippen LogP contribution in [-0.4, -0.2) is 6.10 Å². The molecule has 1 aliphatic heterocycles. The van der Waals surface area contributed by atoms with E-state index >= 15 is 0 Å². The molecule has 1 aliphatic rings. The quantitative estimate of drug-likeness (QED) is 0.459. The summed E-state index contributed by atoms with van der Waals surface area (Å²) in [7, 11) is 0. The van der Waals surface area contributed by atoms with E-state index in [-0.39, 0.29) is 6.10 Å². The highest BCUT2D eigenvalue weighted by atomic mass is 16.7. The van der Waals surface area contributed by atoms with Crippen LogP contribution < -0.4 is 5.48 Å². The third kappa shape index (κ3) is 0.699. The van der Waals surface area contributed by atoms with Gasteiger partial charge in [-0.25, -0.2) is 0 Å². The van der Waals surface area contributed by atoms with Crippen molar-refractivity contribution in [1.29, 1.82) is 5.26 Å². The maximum atomic E-state index is 8.10. The fraction of sp³-hybridized carbons (Fsp3) is 0.250. The van der Waals surface area contributed by atoms with Crippen LogP contribution in [0.1, 0.15) is 0 Å². The van der Waals surface area contributed by atoms with Crippen LogP contribution in [0.5, 0.6) is 0 Å². The molecule has 1 heterocycles. The van der Waals surface area contributed by atoms with Crippen LogP contribution in [0, 0.1) is 11.3 Å². The van der Waals surface area contributed by atoms with Gasteiger partial charge in [-0.3, -0.25) is 10.3 Å². The summed E-state index contributed by atoms with van der Waals surface area (Å²) in [6, 6.07) is 1.89. The molecule has 0 bridgehead atoms. The van der Waals surface area contributed by atoms with Crippen molar-refractivity contribution in [2.75, 3.05) is 0 Å². The van der Waals surface area contributed by atoms with E-state index in [4.69, 9.17) is 5.26 Å². The Balaban J connectivity index is 2.47. The molecule has 0 saturated carbocycles. The molecule has 0 radical (unpaired) electrons. The fourth-order valence-electron chi connectivity index (χ4n) is 0.348. The van der Waals surface area contributed by atoms with Gasteiger partial charge in [-0.15, -0.1) is 0 Å².